The van der Waals surface area contributed by atoms with E-state index in [1.54, 1.807) is 0 Å². The molecule has 2 aliphatic carbocycles. The summed E-state index contributed by atoms with van der Waals surface area (Å²) in [5, 5.41) is 0. The lowest BCUT2D eigenvalue weighted by Gasteiger charge is -2.33. The number of ether oxygens (including phenoxy) is 1. The maximum atomic E-state index is 13.1. The van der Waals surface area contributed by atoms with Gasteiger partial charge in [0, 0.05) is 24.7 Å². The maximum absolute atomic E-state index is 13.1. The highest BCUT2D eigenvalue weighted by Gasteiger charge is 2.28. The van der Waals surface area contributed by atoms with Crippen molar-refractivity contribution in [2.45, 2.75) is 57.4 Å². The minimum atomic E-state index is 0.246. The first-order valence-corrected chi connectivity index (χ1v) is 8.81. The fourth-order valence-electron chi connectivity index (χ4n) is 4.15. The Balaban J connectivity index is 1.80. The molecule has 1 aliphatic heterocycles. The third kappa shape index (κ3) is 2.45. The van der Waals surface area contributed by atoms with Gasteiger partial charge >= 0.3 is 0 Å². The van der Waals surface area contributed by atoms with E-state index in [9.17, 15) is 4.79 Å². The van der Waals surface area contributed by atoms with E-state index < -0.39 is 0 Å². The molecule has 0 N–H and O–H groups in total. The molecule has 0 unspecified atom stereocenters. The van der Waals surface area contributed by atoms with Gasteiger partial charge in [0.25, 0.3) is 5.56 Å². The van der Waals surface area contributed by atoms with Crippen molar-refractivity contribution >= 4 is 5.95 Å². The summed E-state index contributed by atoms with van der Waals surface area (Å²) in [7, 11) is 0. The highest BCUT2D eigenvalue weighted by Crippen LogP contribution is 2.31. The van der Waals surface area contributed by atoms with Crippen molar-refractivity contribution in [2.24, 2.45) is 0 Å². The zero-order valence-electron chi connectivity index (χ0n) is 13.2. The van der Waals surface area contributed by atoms with Gasteiger partial charge in [-0.25, -0.2) is 4.98 Å². The molecule has 0 aromatic carbocycles. The Morgan fingerprint density at radius 3 is 2.55 bits per heavy atom. The molecule has 3 aliphatic rings. The molecular weight excluding hydrogens is 278 g/mol. The summed E-state index contributed by atoms with van der Waals surface area (Å²) in [4.78, 5) is 20.3. The van der Waals surface area contributed by atoms with Crippen molar-refractivity contribution < 1.29 is 4.74 Å². The molecule has 0 bridgehead atoms. The number of hydrogen-bond acceptors (Lipinski definition) is 4. The molecule has 0 atom stereocenters. The first kappa shape index (κ1) is 14.2. The lowest BCUT2D eigenvalue weighted by molar-refractivity contribution is 0.121. The third-order valence-corrected chi connectivity index (χ3v) is 5.35. The molecule has 2 fully saturated rings. The Bertz CT molecular complexity index is 599. The Kier molecular flexibility index (Phi) is 3.90. The fraction of sp³-hybridized carbons (Fsp3) is 0.765. The van der Waals surface area contributed by atoms with Crippen molar-refractivity contribution in [3.8, 4) is 0 Å². The van der Waals surface area contributed by atoms with Crippen LogP contribution in [0.3, 0.4) is 0 Å². The van der Waals surface area contributed by atoms with Crippen LogP contribution in [0.2, 0.25) is 0 Å². The van der Waals surface area contributed by atoms with E-state index in [4.69, 9.17) is 9.72 Å². The second-order valence-electron chi connectivity index (χ2n) is 6.76. The van der Waals surface area contributed by atoms with Crippen LogP contribution in [-0.4, -0.2) is 35.9 Å². The summed E-state index contributed by atoms with van der Waals surface area (Å²) < 4.78 is 7.52. The molecule has 1 aromatic heterocycles. The van der Waals surface area contributed by atoms with Crippen LogP contribution in [0.25, 0.3) is 0 Å². The first-order valence-electron chi connectivity index (χ1n) is 8.81. The van der Waals surface area contributed by atoms with Crippen molar-refractivity contribution in [1.82, 2.24) is 9.55 Å². The molecule has 5 heteroatoms. The molecule has 4 rings (SSSR count). The Hall–Kier alpha value is -1.36. The van der Waals surface area contributed by atoms with Crippen LogP contribution in [0.5, 0.6) is 0 Å². The molecule has 120 valence electrons. The van der Waals surface area contributed by atoms with E-state index in [2.05, 4.69) is 9.47 Å². The van der Waals surface area contributed by atoms with Crippen LogP contribution < -0.4 is 10.5 Å². The molecule has 0 radical (unpaired) electrons. The number of aryl methyl sites for hydroxylation is 1. The normalized spacial score (nSPS) is 22.8. The molecule has 22 heavy (non-hydrogen) atoms. The Labute approximate surface area is 131 Å². The van der Waals surface area contributed by atoms with Crippen molar-refractivity contribution in [3.05, 3.63) is 21.6 Å². The standard InChI is InChI=1S/C17H25N3O2/c21-16-14-7-4-8-15(14)18-17(19-9-11-22-12-10-19)20(16)13-5-2-1-3-6-13/h13H,1-12H2. The van der Waals surface area contributed by atoms with Gasteiger partial charge in [-0.15, -0.1) is 0 Å². The Morgan fingerprint density at radius 1 is 1.00 bits per heavy atom. The molecule has 1 aromatic rings. The number of fused-ring (bicyclic) bond motifs is 1. The minimum absolute atomic E-state index is 0.246. The van der Waals surface area contributed by atoms with Crippen LogP contribution in [0, 0.1) is 0 Å². The summed E-state index contributed by atoms with van der Waals surface area (Å²) in [5.41, 5.74) is 2.29. The summed E-state index contributed by atoms with van der Waals surface area (Å²) in [6, 6.07) is 0.345. The van der Waals surface area contributed by atoms with Crippen molar-refractivity contribution in [3.63, 3.8) is 0 Å². The predicted molar refractivity (Wildman–Crippen MR) is 85.7 cm³/mol. The number of anilines is 1. The van der Waals surface area contributed by atoms with Crippen LogP contribution in [0.15, 0.2) is 4.79 Å². The second kappa shape index (κ2) is 6.03. The van der Waals surface area contributed by atoms with Gasteiger partial charge in [0.05, 0.1) is 18.9 Å². The zero-order valence-corrected chi connectivity index (χ0v) is 13.2. The van der Waals surface area contributed by atoms with E-state index in [1.165, 1.54) is 19.3 Å². The number of rotatable bonds is 2. The zero-order chi connectivity index (χ0) is 14.9. The van der Waals surface area contributed by atoms with E-state index >= 15 is 0 Å². The number of morpholine rings is 1. The SMILES string of the molecule is O=c1c2c(nc(N3CCOCC3)n1C1CCCCC1)CCC2. The van der Waals surface area contributed by atoms with Crippen LogP contribution >= 0.6 is 0 Å². The average Bonchev–Trinajstić information content (AvgIpc) is 3.05. The maximum Gasteiger partial charge on any atom is 0.258 e. The number of aromatic nitrogens is 2. The molecule has 1 saturated carbocycles. The Morgan fingerprint density at radius 2 is 1.77 bits per heavy atom. The van der Waals surface area contributed by atoms with Crippen LogP contribution in [-0.2, 0) is 17.6 Å². The van der Waals surface area contributed by atoms with Gasteiger partial charge in [0.15, 0.2) is 0 Å². The molecule has 0 spiro atoms. The quantitative estimate of drug-likeness (QED) is 0.839. The van der Waals surface area contributed by atoms with E-state index in [0.717, 1.165) is 75.6 Å². The van der Waals surface area contributed by atoms with E-state index in [0.29, 0.717) is 6.04 Å². The summed E-state index contributed by atoms with van der Waals surface area (Å²) in [6.45, 7) is 3.16. The molecule has 5 nitrogen and oxygen atoms in total. The van der Waals surface area contributed by atoms with Crippen LogP contribution in [0.4, 0.5) is 5.95 Å². The predicted octanol–water partition coefficient (Wildman–Crippen LogP) is 2.07. The van der Waals surface area contributed by atoms with Gasteiger partial charge in [-0.1, -0.05) is 19.3 Å². The lowest BCUT2D eigenvalue weighted by atomic mass is 9.95. The molecular formula is C17H25N3O2. The average molecular weight is 303 g/mol. The highest BCUT2D eigenvalue weighted by atomic mass is 16.5. The third-order valence-electron chi connectivity index (χ3n) is 5.35. The number of hydrogen-bond donors (Lipinski definition) is 0. The van der Waals surface area contributed by atoms with Crippen LogP contribution in [0.1, 0.15) is 55.8 Å². The summed E-state index contributed by atoms with van der Waals surface area (Å²) in [6.07, 6.45) is 8.97. The topological polar surface area (TPSA) is 47.4 Å². The van der Waals surface area contributed by atoms with Gasteiger partial charge < -0.3 is 9.64 Å². The van der Waals surface area contributed by atoms with Gasteiger partial charge in [-0.2, -0.15) is 0 Å². The molecule has 2 heterocycles. The van der Waals surface area contributed by atoms with Gasteiger partial charge in [-0.05, 0) is 32.1 Å². The van der Waals surface area contributed by atoms with Gasteiger partial charge in [0.1, 0.15) is 0 Å². The first-order chi connectivity index (χ1) is 10.8. The van der Waals surface area contributed by atoms with Gasteiger partial charge in [-0.3, -0.25) is 9.36 Å². The highest BCUT2D eigenvalue weighted by molar-refractivity contribution is 5.38. The lowest BCUT2D eigenvalue weighted by Crippen LogP contribution is -2.42. The van der Waals surface area contributed by atoms with Gasteiger partial charge in [0.2, 0.25) is 5.95 Å². The van der Waals surface area contributed by atoms with Crippen molar-refractivity contribution in [2.75, 3.05) is 31.2 Å². The molecule has 0 amide bonds. The van der Waals surface area contributed by atoms with Crippen molar-refractivity contribution in [1.29, 1.82) is 0 Å². The summed E-state index contributed by atoms with van der Waals surface area (Å²) in [5.74, 6) is 0.917. The fourth-order valence-corrected chi connectivity index (χ4v) is 4.15. The van der Waals surface area contributed by atoms with E-state index in [1.807, 2.05) is 0 Å². The smallest absolute Gasteiger partial charge is 0.258 e. The minimum Gasteiger partial charge on any atom is -0.378 e. The second-order valence-corrected chi connectivity index (χ2v) is 6.76. The summed E-state index contributed by atoms with van der Waals surface area (Å²) >= 11 is 0. The van der Waals surface area contributed by atoms with E-state index in [-0.39, 0.29) is 5.56 Å². The molecule has 1 saturated heterocycles. The monoisotopic (exact) mass is 303 g/mol. The largest absolute Gasteiger partial charge is 0.378 e. The number of nitrogens with zero attached hydrogens (tertiary/aromatic N) is 3.